The van der Waals surface area contributed by atoms with Gasteiger partial charge >= 0.3 is 0 Å². The van der Waals surface area contributed by atoms with Gasteiger partial charge in [0.1, 0.15) is 0 Å². The summed E-state index contributed by atoms with van der Waals surface area (Å²) in [5.41, 5.74) is 0.100. The molecular weight excluding hydrogens is 330 g/mol. The Hall–Kier alpha value is -2.82. The standard InChI is InChI=1S/C21H23NO4/c1-3-4-5-8-11-26-21-14-18-15(13-20(21)25-2)12-19(22(23)24)17-10-7-6-9-16(17)18/h6-7,9-10,12-14H,3-5,8,11H2,1-2H3. The second-order valence-electron chi connectivity index (χ2n) is 6.33. The SMILES string of the molecule is CCCCCCOc1cc2c(cc1OC)cc([N+](=O)[O-])c1ccccc12. The molecule has 0 atom stereocenters. The van der Waals surface area contributed by atoms with E-state index in [0.29, 0.717) is 23.5 Å². The molecule has 0 saturated heterocycles. The van der Waals surface area contributed by atoms with E-state index in [2.05, 4.69) is 6.92 Å². The van der Waals surface area contributed by atoms with E-state index >= 15 is 0 Å². The number of hydrogen-bond acceptors (Lipinski definition) is 4. The lowest BCUT2D eigenvalue weighted by Crippen LogP contribution is -2.00. The number of ether oxygens (including phenoxy) is 2. The number of nitro groups is 1. The summed E-state index contributed by atoms with van der Waals surface area (Å²) in [6, 6.07) is 12.7. The van der Waals surface area contributed by atoms with Crippen LogP contribution in [0.2, 0.25) is 0 Å². The predicted molar refractivity (Wildman–Crippen MR) is 104 cm³/mol. The normalized spacial score (nSPS) is 11.0. The summed E-state index contributed by atoms with van der Waals surface area (Å²) in [6.45, 7) is 2.81. The smallest absolute Gasteiger partial charge is 0.277 e. The minimum atomic E-state index is -0.341. The van der Waals surface area contributed by atoms with Gasteiger partial charge in [0, 0.05) is 6.07 Å². The highest BCUT2D eigenvalue weighted by atomic mass is 16.6. The first-order chi connectivity index (χ1) is 12.7. The minimum absolute atomic E-state index is 0.100. The molecule has 0 fully saturated rings. The van der Waals surface area contributed by atoms with Crippen molar-refractivity contribution in [2.24, 2.45) is 0 Å². The summed E-state index contributed by atoms with van der Waals surface area (Å²) in [5.74, 6) is 1.27. The number of unbranched alkanes of at least 4 members (excludes halogenated alkanes) is 3. The number of nitrogens with zero attached hydrogens (tertiary/aromatic N) is 1. The number of fused-ring (bicyclic) bond motifs is 3. The third-order valence-electron chi connectivity index (χ3n) is 4.57. The van der Waals surface area contributed by atoms with Crippen LogP contribution >= 0.6 is 0 Å². The van der Waals surface area contributed by atoms with Gasteiger partial charge in [-0.3, -0.25) is 10.1 Å². The van der Waals surface area contributed by atoms with Crippen LogP contribution in [0.3, 0.4) is 0 Å². The highest BCUT2D eigenvalue weighted by Gasteiger charge is 2.17. The minimum Gasteiger partial charge on any atom is -0.493 e. The summed E-state index contributed by atoms with van der Waals surface area (Å²) in [7, 11) is 1.58. The Labute approximate surface area is 152 Å². The second kappa shape index (κ2) is 8.04. The summed E-state index contributed by atoms with van der Waals surface area (Å²) >= 11 is 0. The fourth-order valence-corrected chi connectivity index (χ4v) is 3.23. The van der Waals surface area contributed by atoms with E-state index < -0.39 is 0 Å². The predicted octanol–water partition coefficient (Wildman–Crippen LogP) is 5.87. The lowest BCUT2D eigenvalue weighted by molar-refractivity contribution is -0.382. The van der Waals surface area contributed by atoms with Crippen LogP contribution in [-0.4, -0.2) is 18.6 Å². The Bertz CT molecular complexity index is 936. The van der Waals surface area contributed by atoms with Crippen molar-refractivity contribution in [1.29, 1.82) is 0 Å². The first-order valence-electron chi connectivity index (χ1n) is 8.96. The Morgan fingerprint density at radius 2 is 1.73 bits per heavy atom. The molecule has 0 aliphatic rings. The van der Waals surface area contributed by atoms with Gasteiger partial charge in [0.05, 0.1) is 24.0 Å². The fourth-order valence-electron chi connectivity index (χ4n) is 3.23. The molecule has 0 radical (unpaired) electrons. The zero-order valence-corrected chi connectivity index (χ0v) is 15.2. The van der Waals surface area contributed by atoms with Crippen LogP contribution in [0.5, 0.6) is 11.5 Å². The van der Waals surface area contributed by atoms with Gasteiger partial charge in [0.25, 0.3) is 5.69 Å². The van der Waals surface area contributed by atoms with Crippen molar-refractivity contribution in [2.45, 2.75) is 32.6 Å². The van der Waals surface area contributed by atoms with Gasteiger partial charge in [-0.25, -0.2) is 0 Å². The topological polar surface area (TPSA) is 61.6 Å². The first-order valence-corrected chi connectivity index (χ1v) is 8.96. The van der Waals surface area contributed by atoms with Crippen molar-refractivity contribution in [3.8, 4) is 11.5 Å². The monoisotopic (exact) mass is 353 g/mol. The molecule has 0 unspecified atom stereocenters. The van der Waals surface area contributed by atoms with E-state index in [-0.39, 0.29) is 10.6 Å². The van der Waals surface area contributed by atoms with Crippen LogP contribution in [0.1, 0.15) is 32.6 Å². The van der Waals surface area contributed by atoms with Gasteiger partial charge in [-0.05, 0) is 40.8 Å². The number of nitro benzene ring substituents is 1. The fraction of sp³-hybridized carbons (Fsp3) is 0.333. The average molecular weight is 353 g/mol. The molecule has 5 heteroatoms. The second-order valence-corrected chi connectivity index (χ2v) is 6.33. The van der Waals surface area contributed by atoms with E-state index in [1.54, 1.807) is 19.2 Å². The molecule has 0 bridgehead atoms. The zero-order chi connectivity index (χ0) is 18.5. The van der Waals surface area contributed by atoms with Crippen molar-refractivity contribution < 1.29 is 14.4 Å². The van der Waals surface area contributed by atoms with Crippen LogP contribution in [0.4, 0.5) is 5.69 Å². The van der Waals surface area contributed by atoms with Crippen molar-refractivity contribution in [3.63, 3.8) is 0 Å². The van der Waals surface area contributed by atoms with Crippen LogP contribution < -0.4 is 9.47 Å². The first kappa shape index (κ1) is 18.0. The molecule has 0 spiro atoms. The third-order valence-corrected chi connectivity index (χ3v) is 4.57. The third kappa shape index (κ3) is 3.57. The number of rotatable bonds is 8. The number of benzene rings is 3. The molecule has 136 valence electrons. The molecule has 26 heavy (non-hydrogen) atoms. The van der Waals surface area contributed by atoms with Crippen molar-refractivity contribution in [2.75, 3.05) is 13.7 Å². The lowest BCUT2D eigenvalue weighted by atomic mass is 10.00. The van der Waals surface area contributed by atoms with Crippen molar-refractivity contribution >= 4 is 27.2 Å². The van der Waals surface area contributed by atoms with E-state index in [4.69, 9.17) is 9.47 Å². The highest BCUT2D eigenvalue weighted by molar-refractivity contribution is 6.12. The molecule has 0 saturated carbocycles. The molecule has 3 rings (SSSR count). The van der Waals surface area contributed by atoms with Crippen molar-refractivity contribution in [1.82, 2.24) is 0 Å². The maximum atomic E-state index is 11.5. The zero-order valence-electron chi connectivity index (χ0n) is 15.2. The van der Waals surface area contributed by atoms with Crippen molar-refractivity contribution in [3.05, 3.63) is 52.6 Å². The summed E-state index contributed by atoms with van der Waals surface area (Å²) in [6.07, 6.45) is 4.52. The molecule has 0 heterocycles. The van der Waals surface area contributed by atoms with E-state index in [1.165, 1.54) is 12.8 Å². The Morgan fingerprint density at radius 3 is 2.42 bits per heavy atom. The molecule has 0 aromatic heterocycles. The highest BCUT2D eigenvalue weighted by Crippen LogP contribution is 2.39. The number of non-ortho nitro benzene ring substituents is 1. The van der Waals surface area contributed by atoms with Crippen LogP contribution in [0, 0.1) is 10.1 Å². The molecule has 0 aliphatic carbocycles. The summed E-state index contributed by atoms with van der Waals surface area (Å²) in [4.78, 5) is 11.1. The summed E-state index contributed by atoms with van der Waals surface area (Å²) < 4.78 is 11.4. The van der Waals surface area contributed by atoms with Crippen LogP contribution in [-0.2, 0) is 0 Å². The maximum Gasteiger partial charge on any atom is 0.277 e. The van der Waals surface area contributed by atoms with Gasteiger partial charge in [-0.1, -0.05) is 44.4 Å². The van der Waals surface area contributed by atoms with Crippen LogP contribution in [0.15, 0.2) is 42.5 Å². The van der Waals surface area contributed by atoms with E-state index in [9.17, 15) is 10.1 Å². The van der Waals surface area contributed by atoms with Gasteiger partial charge in [0.15, 0.2) is 11.5 Å². The van der Waals surface area contributed by atoms with E-state index in [0.717, 1.165) is 29.0 Å². The summed E-state index contributed by atoms with van der Waals surface area (Å²) in [5, 5.41) is 14.6. The number of methoxy groups -OCH3 is 1. The molecule has 0 aliphatic heterocycles. The van der Waals surface area contributed by atoms with E-state index in [1.807, 2.05) is 30.3 Å². The Kier molecular flexibility index (Phi) is 5.56. The lowest BCUT2D eigenvalue weighted by Gasteiger charge is -2.13. The molecule has 0 amide bonds. The largest absolute Gasteiger partial charge is 0.493 e. The molecular formula is C21H23NO4. The molecule has 5 nitrogen and oxygen atoms in total. The number of hydrogen-bond donors (Lipinski definition) is 0. The van der Waals surface area contributed by atoms with Gasteiger partial charge in [0.2, 0.25) is 0 Å². The molecule has 3 aromatic carbocycles. The molecule has 3 aromatic rings. The molecule has 0 N–H and O–H groups in total. The van der Waals surface area contributed by atoms with Gasteiger partial charge in [-0.15, -0.1) is 0 Å². The Morgan fingerprint density at radius 1 is 0.962 bits per heavy atom. The van der Waals surface area contributed by atoms with Gasteiger partial charge < -0.3 is 9.47 Å². The average Bonchev–Trinajstić information content (AvgIpc) is 2.66. The maximum absolute atomic E-state index is 11.5. The Balaban J connectivity index is 2.06. The quantitative estimate of drug-likeness (QED) is 0.220. The van der Waals surface area contributed by atoms with Crippen LogP contribution in [0.25, 0.3) is 21.5 Å². The van der Waals surface area contributed by atoms with Gasteiger partial charge in [-0.2, -0.15) is 0 Å².